The van der Waals surface area contributed by atoms with E-state index in [2.05, 4.69) is 30.9 Å². The zero-order valence-corrected chi connectivity index (χ0v) is 7.50. The topological polar surface area (TPSA) is 12.0 Å². The van der Waals surface area contributed by atoms with E-state index in [1.54, 1.807) is 0 Å². The summed E-state index contributed by atoms with van der Waals surface area (Å²) in [7, 11) is 0. The predicted octanol–water partition coefficient (Wildman–Crippen LogP) is 1.84. The Morgan fingerprint density at radius 1 is 1.50 bits per heavy atom. The second-order valence-corrected chi connectivity index (χ2v) is 5.21. The smallest absolute Gasteiger partial charge is 0.0648 e. The van der Waals surface area contributed by atoms with Crippen LogP contribution in [0.15, 0.2) is 0 Å². The molecule has 0 spiro atoms. The highest BCUT2D eigenvalue weighted by Gasteiger charge is 2.45. The number of thioether (sulfide) groups is 1. The van der Waals surface area contributed by atoms with Gasteiger partial charge in [0.1, 0.15) is 0 Å². The molecule has 2 rings (SSSR count). The van der Waals surface area contributed by atoms with Crippen LogP contribution in [0.1, 0.15) is 26.7 Å². The number of hydrogen-bond acceptors (Lipinski definition) is 2. The Bertz CT molecular complexity index is 144. The molecule has 10 heavy (non-hydrogen) atoms. The van der Waals surface area contributed by atoms with Crippen LogP contribution in [-0.4, -0.2) is 16.7 Å². The Morgan fingerprint density at radius 2 is 2.20 bits per heavy atom. The average Bonchev–Trinajstić information content (AvgIpc) is 2.62. The second kappa shape index (κ2) is 2.15. The SMILES string of the molecule is CC1CSC(C)(C2CC2)N1. The van der Waals surface area contributed by atoms with E-state index in [9.17, 15) is 0 Å². The minimum Gasteiger partial charge on any atom is -0.299 e. The van der Waals surface area contributed by atoms with Gasteiger partial charge in [-0.3, -0.25) is 5.32 Å². The molecule has 1 N–H and O–H groups in total. The molecule has 0 aromatic rings. The lowest BCUT2D eigenvalue weighted by molar-refractivity contribution is 0.439. The normalized spacial score (nSPS) is 48.0. The van der Waals surface area contributed by atoms with Crippen molar-refractivity contribution in [3.05, 3.63) is 0 Å². The zero-order valence-electron chi connectivity index (χ0n) is 6.68. The van der Waals surface area contributed by atoms with E-state index in [1.807, 2.05) is 0 Å². The van der Waals surface area contributed by atoms with Crippen molar-refractivity contribution in [2.75, 3.05) is 5.75 Å². The van der Waals surface area contributed by atoms with Crippen LogP contribution in [0.2, 0.25) is 0 Å². The summed E-state index contributed by atoms with van der Waals surface area (Å²) in [6, 6.07) is 0.732. The molecule has 2 aliphatic rings. The number of rotatable bonds is 1. The van der Waals surface area contributed by atoms with E-state index < -0.39 is 0 Å². The van der Waals surface area contributed by atoms with Crippen molar-refractivity contribution in [2.45, 2.75) is 37.6 Å². The van der Waals surface area contributed by atoms with Crippen molar-refractivity contribution in [3.63, 3.8) is 0 Å². The third-order valence-electron chi connectivity index (χ3n) is 2.52. The molecule has 58 valence electrons. The van der Waals surface area contributed by atoms with Crippen molar-refractivity contribution < 1.29 is 0 Å². The van der Waals surface area contributed by atoms with Crippen LogP contribution >= 0.6 is 11.8 Å². The van der Waals surface area contributed by atoms with Crippen molar-refractivity contribution in [3.8, 4) is 0 Å². The summed E-state index contributed by atoms with van der Waals surface area (Å²) in [4.78, 5) is 0.444. The zero-order chi connectivity index (χ0) is 7.19. The van der Waals surface area contributed by atoms with E-state index in [0.717, 1.165) is 12.0 Å². The standard InChI is InChI=1S/C8H15NS/c1-6-5-10-8(2,9-6)7-3-4-7/h6-7,9H,3-5H2,1-2H3. The van der Waals surface area contributed by atoms with Gasteiger partial charge in [0.05, 0.1) is 4.87 Å². The van der Waals surface area contributed by atoms with Crippen LogP contribution in [0, 0.1) is 5.92 Å². The van der Waals surface area contributed by atoms with E-state index in [4.69, 9.17) is 0 Å². The third-order valence-corrected chi connectivity index (χ3v) is 4.24. The highest BCUT2D eigenvalue weighted by molar-refractivity contribution is 8.00. The van der Waals surface area contributed by atoms with Gasteiger partial charge in [-0.2, -0.15) is 0 Å². The monoisotopic (exact) mass is 157 g/mol. The molecule has 2 unspecified atom stereocenters. The van der Waals surface area contributed by atoms with Crippen molar-refractivity contribution in [2.24, 2.45) is 5.92 Å². The highest BCUT2D eigenvalue weighted by Crippen LogP contribution is 2.48. The van der Waals surface area contributed by atoms with E-state index in [0.29, 0.717) is 4.87 Å². The van der Waals surface area contributed by atoms with E-state index >= 15 is 0 Å². The summed E-state index contributed by atoms with van der Waals surface area (Å²) in [6.07, 6.45) is 2.90. The van der Waals surface area contributed by atoms with Crippen molar-refractivity contribution in [1.29, 1.82) is 0 Å². The molecule has 0 aromatic carbocycles. The van der Waals surface area contributed by atoms with Gasteiger partial charge < -0.3 is 0 Å². The largest absolute Gasteiger partial charge is 0.299 e. The quantitative estimate of drug-likeness (QED) is 0.623. The molecule has 1 saturated heterocycles. The number of nitrogens with one attached hydrogen (secondary N) is 1. The summed E-state index contributed by atoms with van der Waals surface area (Å²) in [5, 5.41) is 3.66. The van der Waals surface area contributed by atoms with E-state index in [1.165, 1.54) is 18.6 Å². The molecule has 0 aromatic heterocycles. The summed E-state index contributed by atoms with van der Waals surface area (Å²) in [5.41, 5.74) is 0. The Balaban J connectivity index is 2.01. The molecule has 1 aliphatic heterocycles. The first-order chi connectivity index (χ1) is 4.71. The lowest BCUT2D eigenvalue weighted by atomic mass is 10.2. The molecule has 1 nitrogen and oxygen atoms in total. The van der Waals surface area contributed by atoms with Gasteiger partial charge in [-0.15, -0.1) is 11.8 Å². The van der Waals surface area contributed by atoms with Gasteiger partial charge in [0.25, 0.3) is 0 Å². The first kappa shape index (κ1) is 6.99. The van der Waals surface area contributed by atoms with Gasteiger partial charge in [-0.05, 0) is 32.6 Å². The van der Waals surface area contributed by atoms with Crippen LogP contribution in [0.25, 0.3) is 0 Å². The predicted molar refractivity (Wildman–Crippen MR) is 46.2 cm³/mol. The Labute approximate surface area is 67.0 Å². The Morgan fingerprint density at radius 3 is 2.60 bits per heavy atom. The summed E-state index contributed by atoms with van der Waals surface area (Å²) in [6.45, 7) is 4.64. The fourth-order valence-corrected chi connectivity index (χ4v) is 3.18. The average molecular weight is 157 g/mol. The van der Waals surface area contributed by atoms with E-state index in [-0.39, 0.29) is 0 Å². The maximum absolute atomic E-state index is 3.66. The van der Waals surface area contributed by atoms with Gasteiger partial charge in [0.15, 0.2) is 0 Å². The van der Waals surface area contributed by atoms with Crippen molar-refractivity contribution >= 4 is 11.8 Å². The maximum Gasteiger partial charge on any atom is 0.0648 e. The summed E-state index contributed by atoms with van der Waals surface area (Å²) >= 11 is 2.11. The molecule has 1 aliphatic carbocycles. The minimum atomic E-state index is 0.444. The highest BCUT2D eigenvalue weighted by atomic mass is 32.2. The second-order valence-electron chi connectivity index (χ2n) is 3.74. The van der Waals surface area contributed by atoms with Crippen LogP contribution in [-0.2, 0) is 0 Å². The van der Waals surface area contributed by atoms with Crippen LogP contribution in [0.5, 0.6) is 0 Å². The molecule has 1 saturated carbocycles. The first-order valence-electron chi connectivity index (χ1n) is 4.12. The minimum absolute atomic E-state index is 0.444. The Hall–Kier alpha value is 0.310. The molecular weight excluding hydrogens is 142 g/mol. The van der Waals surface area contributed by atoms with Crippen molar-refractivity contribution in [1.82, 2.24) is 5.32 Å². The fraction of sp³-hybridized carbons (Fsp3) is 1.00. The van der Waals surface area contributed by atoms with Crippen LogP contribution < -0.4 is 5.32 Å². The maximum atomic E-state index is 3.66. The number of hydrogen-bond donors (Lipinski definition) is 1. The molecule has 0 bridgehead atoms. The molecule has 2 atom stereocenters. The van der Waals surface area contributed by atoms with Gasteiger partial charge in [-0.1, -0.05) is 0 Å². The summed E-state index contributed by atoms with van der Waals surface area (Å²) < 4.78 is 0. The van der Waals surface area contributed by atoms with Gasteiger partial charge >= 0.3 is 0 Å². The fourth-order valence-electron chi connectivity index (χ4n) is 1.74. The lowest BCUT2D eigenvalue weighted by Gasteiger charge is -2.23. The summed E-state index contributed by atoms with van der Waals surface area (Å²) in [5.74, 6) is 2.27. The third kappa shape index (κ3) is 1.08. The molecule has 0 radical (unpaired) electrons. The van der Waals surface area contributed by atoms with Crippen LogP contribution in [0.4, 0.5) is 0 Å². The molecular formula is C8H15NS. The molecule has 0 amide bonds. The van der Waals surface area contributed by atoms with Crippen LogP contribution in [0.3, 0.4) is 0 Å². The van der Waals surface area contributed by atoms with Gasteiger partial charge in [0, 0.05) is 11.8 Å². The molecule has 2 heteroatoms. The lowest BCUT2D eigenvalue weighted by Crippen LogP contribution is -2.39. The first-order valence-corrected chi connectivity index (χ1v) is 5.11. The molecule has 2 fully saturated rings. The van der Waals surface area contributed by atoms with Gasteiger partial charge in [-0.25, -0.2) is 0 Å². The Kier molecular flexibility index (Phi) is 1.50. The van der Waals surface area contributed by atoms with Gasteiger partial charge in [0.2, 0.25) is 0 Å². The molecule has 1 heterocycles.